The second-order valence-corrected chi connectivity index (χ2v) is 3.83. The molecule has 2 aromatic rings. The van der Waals surface area contributed by atoms with Gasteiger partial charge in [-0.25, -0.2) is 0 Å². The average molecular weight is 248 g/mol. The Balaban J connectivity index is 1.88. The van der Waals surface area contributed by atoms with Gasteiger partial charge in [-0.05, 0) is 12.1 Å². The molecule has 0 amide bonds. The Morgan fingerprint density at radius 2 is 2.33 bits per heavy atom. The second-order valence-electron chi connectivity index (χ2n) is 3.83. The fourth-order valence-electron chi connectivity index (χ4n) is 1.60. The first-order chi connectivity index (χ1) is 8.79. The molecule has 0 radical (unpaired) electrons. The number of hydrogen-bond donors (Lipinski definition) is 1. The van der Waals surface area contributed by atoms with Crippen molar-refractivity contribution in [3.63, 3.8) is 0 Å². The van der Waals surface area contributed by atoms with E-state index in [1.807, 2.05) is 30.1 Å². The van der Waals surface area contributed by atoms with Crippen LogP contribution in [-0.4, -0.2) is 30.1 Å². The maximum atomic E-state index is 5.25. The number of furan rings is 1. The number of aliphatic imine (C=N–C) groups is 1. The summed E-state index contributed by atoms with van der Waals surface area (Å²) in [5.74, 6) is 1.64. The lowest BCUT2D eigenvalue weighted by Crippen LogP contribution is -2.38. The molecule has 0 atom stereocenters. The molecule has 0 bridgehead atoms. The molecule has 6 nitrogen and oxygen atoms in total. The van der Waals surface area contributed by atoms with Crippen LogP contribution >= 0.6 is 0 Å². The molecule has 96 valence electrons. The number of nitrogens with zero attached hydrogens (tertiary/aromatic N) is 3. The summed E-state index contributed by atoms with van der Waals surface area (Å²) in [4.78, 5) is 6.16. The van der Waals surface area contributed by atoms with Crippen molar-refractivity contribution in [3.8, 4) is 0 Å². The monoisotopic (exact) mass is 248 g/mol. The van der Waals surface area contributed by atoms with Crippen LogP contribution in [0.5, 0.6) is 0 Å². The van der Waals surface area contributed by atoms with Gasteiger partial charge in [-0.3, -0.25) is 4.99 Å². The zero-order valence-electron chi connectivity index (χ0n) is 10.5. The highest BCUT2D eigenvalue weighted by molar-refractivity contribution is 5.79. The summed E-state index contributed by atoms with van der Waals surface area (Å²) < 4.78 is 10.0. The number of hydrogen-bond acceptors (Lipinski definition) is 4. The summed E-state index contributed by atoms with van der Waals surface area (Å²) in [6.07, 6.45) is 3.21. The minimum atomic E-state index is 0.600. The maximum absolute atomic E-state index is 5.25. The van der Waals surface area contributed by atoms with Gasteiger partial charge in [-0.15, -0.1) is 0 Å². The van der Waals surface area contributed by atoms with Gasteiger partial charge in [0.2, 0.25) is 0 Å². The van der Waals surface area contributed by atoms with E-state index in [1.165, 1.54) is 0 Å². The number of nitrogens with one attached hydrogen (secondary N) is 1. The fourth-order valence-corrected chi connectivity index (χ4v) is 1.60. The molecule has 0 aliphatic heterocycles. The molecule has 0 saturated carbocycles. The van der Waals surface area contributed by atoms with Gasteiger partial charge in [0.15, 0.2) is 5.96 Å². The van der Waals surface area contributed by atoms with Gasteiger partial charge in [0.05, 0.1) is 19.4 Å². The minimum Gasteiger partial charge on any atom is -0.467 e. The Hall–Kier alpha value is -2.24. The normalized spacial score (nSPS) is 11.6. The van der Waals surface area contributed by atoms with Crippen molar-refractivity contribution in [2.45, 2.75) is 13.1 Å². The first-order valence-electron chi connectivity index (χ1n) is 5.63. The van der Waals surface area contributed by atoms with E-state index in [-0.39, 0.29) is 0 Å². The van der Waals surface area contributed by atoms with E-state index in [0.29, 0.717) is 13.1 Å². The van der Waals surface area contributed by atoms with Gasteiger partial charge in [-0.1, -0.05) is 5.16 Å². The molecule has 0 aliphatic rings. The van der Waals surface area contributed by atoms with E-state index in [0.717, 1.165) is 17.4 Å². The van der Waals surface area contributed by atoms with Crippen molar-refractivity contribution >= 4 is 5.96 Å². The molecular weight excluding hydrogens is 232 g/mol. The Morgan fingerprint density at radius 1 is 1.44 bits per heavy atom. The molecule has 2 heterocycles. The summed E-state index contributed by atoms with van der Waals surface area (Å²) in [6, 6.07) is 5.60. The van der Waals surface area contributed by atoms with Crippen LogP contribution in [0.4, 0.5) is 0 Å². The Bertz CT molecular complexity index is 476. The smallest absolute Gasteiger partial charge is 0.194 e. The second kappa shape index (κ2) is 5.90. The van der Waals surface area contributed by atoms with Crippen molar-refractivity contribution in [1.82, 2.24) is 15.4 Å². The van der Waals surface area contributed by atoms with Gasteiger partial charge in [0, 0.05) is 20.2 Å². The van der Waals surface area contributed by atoms with E-state index in [9.17, 15) is 0 Å². The quantitative estimate of drug-likeness (QED) is 0.655. The average Bonchev–Trinajstić information content (AvgIpc) is 3.02. The Kier molecular flexibility index (Phi) is 4.01. The molecule has 6 heteroatoms. The number of aromatic nitrogens is 1. The first-order valence-corrected chi connectivity index (χ1v) is 5.63. The zero-order chi connectivity index (χ0) is 12.8. The lowest BCUT2D eigenvalue weighted by Gasteiger charge is -2.20. The lowest BCUT2D eigenvalue weighted by molar-refractivity contribution is 0.390. The molecule has 1 N–H and O–H groups in total. The van der Waals surface area contributed by atoms with E-state index >= 15 is 0 Å². The van der Waals surface area contributed by atoms with E-state index < -0.39 is 0 Å². The molecular formula is C12H16N4O2. The van der Waals surface area contributed by atoms with Gasteiger partial charge >= 0.3 is 0 Å². The first kappa shape index (κ1) is 12.2. The van der Waals surface area contributed by atoms with Gasteiger partial charge in [0.1, 0.15) is 17.7 Å². The number of rotatable bonds is 4. The molecule has 2 rings (SSSR count). The lowest BCUT2D eigenvalue weighted by atomic mass is 10.4. The largest absolute Gasteiger partial charge is 0.467 e. The molecule has 0 unspecified atom stereocenters. The van der Waals surface area contributed by atoms with E-state index in [4.69, 9.17) is 8.94 Å². The van der Waals surface area contributed by atoms with Gasteiger partial charge < -0.3 is 19.2 Å². The highest BCUT2D eigenvalue weighted by Crippen LogP contribution is 2.02. The highest BCUT2D eigenvalue weighted by Gasteiger charge is 2.08. The molecule has 18 heavy (non-hydrogen) atoms. The van der Waals surface area contributed by atoms with Gasteiger partial charge in [0.25, 0.3) is 0 Å². The standard InChI is InChI=1S/C12H16N4O2/c1-13-12(14-8-11-4-3-6-17-11)16(2)9-10-5-7-18-15-10/h3-7H,8-9H2,1-2H3,(H,13,14). The Morgan fingerprint density at radius 3 is 2.94 bits per heavy atom. The van der Waals surface area contributed by atoms with Crippen LogP contribution in [0.25, 0.3) is 0 Å². The van der Waals surface area contributed by atoms with Crippen LogP contribution in [0, 0.1) is 0 Å². The van der Waals surface area contributed by atoms with Crippen LogP contribution in [0.1, 0.15) is 11.5 Å². The third-order valence-electron chi connectivity index (χ3n) is 2.46. The topological polar surface area (TPSA) is 66.8 Å². The predicted molar refractivity (Wildman–Crippen MR) is 66.9 cm³/mol. The predicted octanol–water partition coefficient (Wildman–Crippen LogP) is 1.47. The molecule has 0 saturated heterocycles. The molecule has 0 aromatic carbocycles. The van der Waals surface area contributed by atoms with Crippen LogP contribution < -0.4 is 5.32 Å². The summed E-state index contributed by atoms with van der Waals surface area (Å²) in [7, 11) is 3.68. The highest BCUT2D eigenvalue weighted by atomic mass is 16.5. The van der Waals surface area contributed by atoms with Crippen molar-refractivity contribution in [2.24, 2.45) is 4.99 Å². The summed E-state index contributed by atoms with van der Waals surface area (Å²) >= 11 is 0. The van der Waals surface area contributed by atoms with Gasteiger partial charge in [-0.2, -0.15) is 0 Å². The summed E-state index contributed by atoms with van der Waals surface area (Å²) in [5.41, 5.74) is 0.860. The molecule has 0 fully saturated rings. The van der Waals surface area contributed by atoms with Crippen molar-refractivity contribution in [1.29, 1.82) is 0 Å². The third-order valence-corrected chi connectivity index (χ3v) is 2.46. The summed E-state index contributed by atoms with van der Waals surface area (Å²) in [5, 5.41) is 7.07. The van der Waals surface area contributed by atoms with Crippen LogP contribution in [0.15, 0.2) is 44.7 Å². The summed E-state index contributed by atoms with van der Waals surface area (Å²) in [6.45, 7) is 1.23. The molecule has 2 aromatic heterocycles. The van der Waals surface area contributed by atoms with Crippen molar-refractivity contribution in [2.75, 3.05) is 14.1 Å². The van der Waals surface area contributed by atoms with Crippen LogP contribution in [0.2, 0.25) is 0 Å². The minimum absolute atomic E-state index is 0.600. The van der Waals surface area contributed by atoms with Crippen molar-refractivity contribution in [3.05, 3.63) is 42.2 Å². The molecule has 0 spiro atoms. The van der Waals surface area contributed by atoms with Crippen molar-refractivity contribution < 1.29 is 8.94 Å². The fraction of sp³-hybridized carbons (Fsp3) is 0.333. The maximum Gasteiger partial charge on any atom is 0.194 e. The zero-order valence-corrected chi connectivity index (χ0v) is 10.5. The number of guanidine groups is 1. The van der Waals surface area contributed by atoms with E-state index in [2.05, 4.69) is 15.5 Å². The van der Waals surface area contributed by atoms with E-state index in [1.54, 1.807) is 19.6 Å². The molecule has 0 aliphatic carbocycles. The SMILES string of the molecule is CN=C(NCc1ccco1)N(C)Cc1ccon1. The Labute approximate surface area is 105 Å². The van der Waals surface area contributed by atoms with Crippen LogP contribution in [-0.2, 0) is 13.1 Å². The third kappa shape index (κ3) is 3.13. The van der Waals surface area contributed by atoms with Crippen LogP contribution in [0.3, 0.4) is 0 Å².